The number of hydrogen-bond donors (Lipinski definition) is 1. The third kappa shape index (κ3) is 1.27. The van der Waals surface area contributed by atoms with E-state index < -0.39 is 5.63 Å². The summed E-state index contributed by atoms with van der Waals surface area (Å²) in [6, 6.07) is 5.90. The lowest BCUT2D eigenvalue weighted by atomic mass is 10.2. The Kier molecular flexibility index (Phi) is 1.74. The summed E-state index contributed by atoms with van der Waals surface area (Å²) < 4.78 is 4.83. The van der Waals surface area contributed by atoms with Crippen LogP contribution in [0.4, 0.5) is 0 Å². The molecule has 2 rings (SSSR count). The molecule has 0 unspecified atom stereocenters. The van der Waals surface area contributed by atoms with Crippen LogP contribution < -0.4 is 5.63 Å². The molecular formula is C9H5ClO3. The van der Waals surface area contributed by atoms with E-state index in [0.717, 1.165) is 6.07 Å². The van der Waals surface area contributed by atoms with Gasteiger partial charge in [0.05, 0.1) is 16.5 Å². The maximum absolute atomic E-state index is 10.9. The Balaban J connectivity index is 3.03. The SMILES string of the molecule is O=c1cc(O)c2cccc(Cl)c2o1. The van der Waals surface area contributed by atoms with Crippen molar-refractivity contribution in [2.45, 2.75) is 0 Å². The molecule has 4 heteroatoms. The summed E-state index contributed by atoms with van der Waals surface area (Å²) >= 11 is 5.76. The zero-order valence-electron chi connectivity index (χ0n) is 6.45. The molecule has 13 heavy (non-hydrogen) atoms. The van der Waals surface area contributed by atoms with Gasteiger partial charge in [0.25, 0.3) is 0 Å². The second-order valence-corrected chi connectivity index (χ2v) is 2.97. The highest BCUT2D eigenvalue weighted by Gasteiger charge is 2.06. The van der Waals surface area contributed by atoms with Crippen molar-refractivity contribution in [3.8, 4) is 5.75 Å². The molecule has 1 aromatic heterocycles. The van der Waals surface area contributed by atoms with Crippen molar-refractivity contribution < 1.29 is 9.52 Å². The molecule has 0 bridgehead atoms. The first-order chi connectivity index (χ1) is 6.18. The van der Waals surface area contributed by atoms with E-state index in [1.165, 1.54) is 0 Å². The van der Waals surface area contributed by atoms with Crippen LogP contribution in [0, 0.1) is 0 Å². The van der Waals surface area contributed by atoms with Crippen LogP contribution >= 0.6 is 11.6 Å². The number of hydrogen-bond acceptors (Lipinski definition) is 3. The predicted molar refractivity (Wildman–Crippen MR) is 49.2 cm³/mol. The van der Waals surface area contributed by atoms with E-state index in [1.807, 2.05) is 0 Å². The van der Waals surface area contributed by atoms with Crippen LogP contribution in [0.5, 0.6) is 5.75 Å². The number of benzene rings is 1. The van der Waals surface area contributed by atoms with Crippen molar-refractivity contribution >= 4 is 22.6 Å². The van der Waals surface area contributed by atoms with E-state index in [-0.39, 0.29) is 11.3 Å². The van der Waals surface area contributed by atoms with Gasteiger partial charge in [0.2, 0.25) is 0 Å². The zero-order valence-corrected chi connectivity index (χ0v) is 7.21. The van der Waals surface area contributed by atoms with E-state index in [9.17, 15) is 9.90 Å². The van der Waals surface area contributed by atoms with Gasteiger partial charge in [0.15, 0.2) is 5.58 Å². The molecule has 0 aliphatic rings. The van der Waals surface area contributed by atoms with Gasteiger partial charge < -0.3 is 9.52 Å². The van der Waals surface area contributed by atoms with E-state index in [2.05, 4.69) is 0 Å². The molecule has 3 nitrogen and oxygen atoms in total. The molecule has 0 amide bonds. The van der Waals surface area contributed by atoms with Crippen molar-refractivity contribution in [2.75, 3.05) is 0 Å². The molecule has 0 atom stereocenters. The highest BCUT2D eigenvalue weighted by atomic mass is 35.5. The van der Waals surface area contributed by atoms with Gasteiger partial charge in [-0.25, -0.2) is 4.79 Å². The van der Waals surface area contributed by atoms with E-state index in [4.69, 9.17) is 16.0 Å². The van der Waals surface area contributed by atoms with Gasteiger partial charge in [-0.15, -0.1) is 0 Å². The van der Waals surface area contributed by atoms with E-state index in [1.54, 1.807) is 18.2 Å². The topological polar surface area (TPSA) is 50.4 Å². The normalized spacial score (nSPS) is 10.5. The Bertz CT molecular complexity index is 516. The molecule has 2 aromatic rings. The van der Waals surface area contributed by atoms with Crippen LogP contribution in [-0.2, 0) is 0 Å². The summed E-state index contributed by atoms with van der Waals surface area (Å²) in [5, 5.41) is 10.1. The summed E-state index contributed by atoms with van der Waals surface area (Å²) in [6.07, 6.45) is 0. The molecule has 0 aliphatic carbocycles. The second kappa shape index (κ2) is 2.78. The number of fused-ring (bicyclic) bond motifs is 1. The van der Waals surface area contributed by atoms with Crippen LogP contribution in [0.15, 0.2) is 33.5 Å². The predicted octanol–water partition coefficient (Wildman–Crippen LogP) is 2.15. The van der Waals surface area contributed by atoms with Crippen LogP contribution in [0.25, 0.3) is 11.0 Å². The molecule has 0 saturated carbocycles. The average Bonchev–Trinajstić information content (AvgIpc) is 2.07. The first-order valence-corrected chi connectivity index (χ1v) is 3.97. The van der Waals surface area contributed by atoms with Gasteiger partial charge in [-0.2, -0.15) is 0 Å². The Hall–Kier alpha value is -1.48. The first kappa shape index (κ1) is 8.13. The van der Waals surface area contributed by atoms with Gasteiger partial charge in [-0.3, -0.25) is 0 Å². The van der Waals surface area contributed by atoms with Gasteiger partial charge in [-0.05, 0) is 12.1 Å². The number of halogens is 1. The van der Waals surface area contributed by atoms with Crippen LogP contribution in [0.2, 0.25) is 5.02 Å². The Morgan fingerprint density at radius 2 is 2.15 bits per heavy atom. The number of rotatable bonds is 0. The van der Waals surface area contributed by atoms with Crippen LogP contribution in [0.1, 0.15) is 0 Å². The summed E-state index contributed by atoms with van der Waals surface area (Å²) in [4.78, 5) is 10.9. The largest absolute Gasteiger partial charge is 0.507 e. The van der Waals surface area contributed by atoms with Gasteiger partial charge >= 0.3 is 5.63 Å². The molecule has 0 saturated heterocycles. The average molecular weight is 197 g/mol. The minimum atomic E-state index is -0.613. The minimum absolute atomic E-state index is 0.117. The highest BCUT2D eigenvalue weighted by Crippen LogP contribution is 2.27. The maximum atomic E-state index is 10.9. The monoisotopic (exact) mass is 196 g/mol. The van der Waals surface area contributed by atoms with Crippen LogP contribution in [-0.4, -0.2) is 5.11 Å². The zero-order chi connectivity index (χ0) is 9.42. The van der Waals surface area contributed by atoms with Crippen molar-refractivity contribution in [3.05, 3.63) is 39.7 Å². The highest BCUT2D eigenvalue weighted by molar-refractivity contribution is 6.34. The van der Waals surface area contributed by atoms with Crippen molar-refractivity contribution in [3.63, 3.8) is 0 Å². The molecule has 1 aromatic carbocycles. The fourth-order valence-electron chi connectivity index (χ4n) is 1.13. The third-order valence-corrected chi connectivity index (χ3v) is 2.00. The van der Waals surface area contributed by atoms with Gasteiger partial charge in [0.1, 0.15) is 5.75 Å². The van der Waals surface area contributed by atoms with Crippen molar-refractivity contribution in [2.24, 2.45) is 0 Å². The molecular weight excluding hydrogens is 192 g/mol. The molecule has 0 aliphatic heterocycles. The maximum Gasteiger partial charge on any atom is 0.339 e. The lowest BCUT2D eigenvalue weighted by Crippen LogP contribution is -1.95. The Morgan fingerprint density at radius 3 is 2.92 bits per heavy atom. The molecule has 0 radical (unpaired) electrons. The standard InChI is InChI=1S/C9H5ClO3/c10-6-3-1-2-5-7(11)4-8(12)13-9(5)6/h1-4,11H. The fourth-order valence-corrected chi connectivity index (χ4v) is 1.35. The number of para-hydroxylation sites is 1. The van der Waals surface area contributed by atoms with Gasteiger partial charge in [-0.1, -0.05) is 17.7 Å². The smallest absolute Gasteiger partial charge is 0.339 e. The summed E-state index contributed by atoms with van der Waals surface area (Å²) in [5.74, 6) is -0.117. The Labute approximate surface area is 78.2 Å². The Morgan fingerprint density at radius 1 is 1.38 bits per heavy atom. The lowest BCUT2D eigenvalue weighted by molar-refractivity contribution is 0.468. The summed E-state index contributed by atoms with van der Waals surface area (Å²) in [7, 11) is 0. The second-order valence-electron chi connectivity index (χ2n) is 2.57. The fraction of sp³-hybridized carbons (Fsp3) is 0. The quantitative estimate of drug-likeness (QED) is 0.657. The number of aromatic hydroxyl groups is 1. The summed E-state index contributed by atoms with van der Waals surface area (Å²) in [5.41, 5.74) is -0.396. The molecule has 66 valence electrons. The lowest BCUT2D eigenvalue weighted by Gasteiger charge is -1.99. The third-order valence-electron chi connectivity index (χ3n) is 1.70. The molecule has 0 spiro atoms. The molecule has 1 heterocycles. The van der Waals surface area contributed by atoms with E-state index >= 15 is 0 Å². The minimum Gasteiger partial charge on any atom is -0.507 e. The van der Waals surface area contributed by atoms with Crippen molar-refractivity contribution in [1.29, 1.82) is 0 Å². The van der Waals surface area contributed by atoms with Crippen LogP contribution in [0.3, 0.4) is 0 Å². The molecule has 1 N–H and O–H groups in total. The molecule has 0 fully saturated rings. The van der Waals surface area contributed by atoms with Crippen molar-refractivity contribution in [1.82, 2.24) is 0 Å². The van der Waals surface area contributed by atoms with E-state index in [0.29, 0.717) is 10.4 Å². The summed E-state index contributed by atoms with van der Waals surface area (Å²) in [6.45, 7) is 0. The van der Waals surface area contributed by atoms with Gasteiger partial charge in [0, 0.05) is 0 Å². The first-order valence-electron chi connectivity index (χ1n) is 3.60.